The number of carbonyl (C=O) groups is 4. The average molecular weight is 461 g/mol. The van der Waals surface area contributed by atoms with Gasteiger partial charge in [0.15, 0.2) is 0 Å². The Morgan fingerprint density at radius 3 is 2.21 bits per heavy atom. The summed E-state index contributed by atoms with van der Waals surface area (Å²) in [7, 11) is -4.32. The second-order valence-corrected chi connectivity index (χ2v) is 18.7. The van der Waals surface area contributed by atoms with Crippen molar-refractivity contribution in [2.24, 2.45) is 0 Å². The van der Waals surface area contributed by atoms with E-state index >= 15 is 0 Å². The van der Waals surface area contributed by atoms with Crippen molar-refractivity contribution in [1.82, 2.24) is 10.2 Å². The molecule has 2 atom stereocenters. The summed E-state index contributed by atoms with van der Waals surface area (Å²) < 4.78 is 16.0. The van der Waals surface area contributed by atoms with Crippen LogP contribution in [0.1, 0.15) is 6.92 Å². The molecule has 0 aliphatic carbocycles. The van der Waals surface area contributed by atoms with Crippen LogP contribution in [-0.4, -0.2) is 69.2 Å². The Bertz CT molecular complexity index is 758. The number of amides is 2. The molecule has 0 bridgehead atoms. The number of nitrogens with one attached hydrogen (secondary N) is 1. The quantitative estimate of drug-likeness (QED) is 0.364. The fourth-order valence-corrected chi connectivity index (χ4v) is 5.33. The average Bonchev–Trinajstić information content (AvgIpc) is 2.53. The zero-order chi connectivity index (χ0) is 22.1. The lowest BCUT2D eigenvalue weighted by Gasteiger charge is -2.49. The van der Waals surface area contributed by atoms with Gasteiger partial charge in [-0.2, -0.15) is 0 Å². The Labute approximate surface area is 176 Å². The predicted molar refractivity (Wildman–Crippen MR) is 113 cm³/mol. The Hall–Kier alpha value is -1.80. The van der Waals surface area contributed by atoms with Crippen molar-refractivity contribution >= 4 is 52.3 Å². The van der Waals surface area contributed by atoms with E-state index in [9.17, 15) is 19.2 Å². The molecule has 0 spiro atoms. The molecule has 0 aromatic heterocycles. The van der Waals surface area contributed by atoms with Gasteiger partial charge in [-0.05, 0) is 39.3 Å². The van der Waals surface area contributed by atoms with Crippen molar-refractivity contribution in [2.75, 3.05) is 12.4 Å². The minimum absolute atomic E-state index is 0.0925. The molecule has 1 fully saturated rings. The van der Waals surface area contributed by atoms with Gasteiger partial charge in [0.25, 0.3) is 5.91 Å². The summed E-state index contributed by atoms with van der Waals surface area (Å²) in [5.74, 6) is -1.13. The predicted octanol–water partition coefficient (Wildman–Crippen LogP) is 2.03. The molecule has 0 aromatic carbocycles. The first-order chi connectivity index (χ1) is 13.2. The molecule has 0 radical (unpaired) electrons. The van der Waals surface area contributed by atoms with Gasteiger partial charge >= 0.3 is 18.0 Å². The summed E-state index contributed by atoms with van der Waals surface area (Å²) >= 11 is 1.38. The number of hydrogen-bond acceptors (Lipinski definition) is 8. The van der Waals surface area contributed by atoms with Crippen molar-refractivity contribution < 1.29 is 32.8 Å². The monoisotopic (exact) mass is 460 g/mol. The van der Waals surface area contributed by atoms with E-state index < -0.39 is 52.0 Å². The zero-order valence-electron chi connectivity index (χ0n) is 17.8. The number of β-lactam (4-membered cyclic amide) rings is 1. The minimum atomic E-state index is -2.22. The Balaban J connectivity index is 2.23. The van der Waals surface area contributed by atoms with Gasteiger partial charge in [-0.3, -0.25) is 14.5 Å². The first-order valence-electron chi connectivity index (χ1n) is 9.22. The van der Waals surface area contributed by atoms with Crippen LogP contribution in [0.5, 0.6) is 0 Å². The number of esters is 1. The van der Waals surface area contributed by atoms with Crippen LogP contribution >= 0.6 is 11.8 Å². The molecule has 0 saturated carbocycles. The fourth-order valence-electron chi connectivity index (χ4n) is 2.73. The minimum Gasteiger partial charge on any atom is -0.515 e. The highest BCUT2D eigenvalue weighted by Gasteiger charge is 2.55. The van der Waals surface area contributed by atoms with Crippen molar-refractivity contribution in [3.05, 3.63) is 11.3 Å². The molecule has 2 aliphatic rings. The Morgan fingerprint density at radius 1 is 1.10 bits per heavy atom. The van der Waals surface area contributed by atoms with E-state index in [1.807, 2.05) is 39.3 Å². The summed E-state index contributed by atoms with van der Waals surface area (Å²) in [6.45, 7) is 12.4. The smallest absolute Gasteiger partial charge is 0.394 e. The van der Waals surface area contributed by atoms with Crippen molar-refractivity contribution in [1.29, 1.82) is 0 Å². The molecule has 2 aliphatic heterocycles. The zero-order valence-corrected chi connectivity index (χ0v) is 20.6. The summed E-state index contributed by atoms with van der Waals surface area (Å²) in [5, 5.41) is 2.16. The van der Waals surface area contributed by atoms with Gasteiger partial charge in [0.05, 0.1) is 0 Å². The van der Waals surface area contributed by atoms with Crippen molar-refractivity contribution in [3.63, 3.8) is 0 Å². The third-order valence-corrected chi connectivity index (χ3v) is 6.70. The van der Waals surface area contributed by atoms with Crippen LogP contribution in [0.4, 0.5) is 4.79 Å². The van der Waals surface area contributed by atoms with Gasteiger partial charge in [0, 0.05) is 18.2 Å². The normalized spacial score (nSPS) is 21.8. The summed E-state index contributed by atoms with van der Waals surface area (Å²) in [6.07, 6.45) is -0.635. The summed E-state index contributed by atoms with van der Waals surface area (Å²) in [6, 6.07) is -0.784. The number of carbonyl (C=O) groups excluding carboxylic acids is 4. The van der Waals surface area contributed by atoms with Crippen LogP contribution in [0, 0.1) is 0 Å². The van der Waals surface area contributed by atoms with Gasteiger partial charge in [-0.15, -0.1) is 11.8 Å². The lowest BCUT2D eigenvalue weighted by molar-refractivity contribution is -0.148. The first kappa shape index (κ1) is 23.5. The highest BCUT2D eigenvalue weighted by molar-refractivity contribution is 8.00. The van der Waals surface area contributed by atoms with Crippen LogP contribution < -0.4 is 5.32 Å². The largest absolute Gasteiger partial charge is 0.515 e. The molecule has 2 heterocycles. The van der Waals surface area contributed by atoms with Crippen LogP contribution in [0.3, 0.4) is 0 Å². The van der Waals surface area contributed by atoms with E-state index in [2.05, 4.69) is 5.32 Å². The first-order valence-corrected chi connectivity index (χ1v) is 17.1. The standard InChI is InChI=1S/C17H28N2O7SSi2/c1-10(20)24-8-11-9-27-15-12(18-17(23)26-29(5,6)7)14(21)19(15)13(11)16(22)25-28(2,3)4/h12,15H,8-9H2,1-7H3,(H,18,23)/t12-,15-/m1/s1. The summed E-state index contributed by atoms with van der Waals surface area (Å²) in [5.41, 5.74) is 0.625. The second-order valence-electron chi connectivity index (χ2n) is 8.77. The molecule has 0 unspecified atom stereocenters. The Kier molecular flexibility index (Phi) is 6.90. The van der Waals surface area contributed by atoms with Crippen LogP contribution in [-0.2, 0) is 28.0 Å². The second kappa shape index (κ2) is 8.52. The maximum atomic E-state index is 12.8. The molecular weight excluding hydrogens is 432 g/mol. The van der Waals surface area contributed by atoms with E-state index in [0.717, 1.165) is 0 Å². The van der Waals surface area contributed by atoms with Gasteiger partial charge in [-0.1, -0.05) is 0 Å². The van der Waals surface area contributed by atoms with E-state index in [4.69, 9.17) is 13.6 Å². The van der Waals surface area contributed by atoms with Crippen LogP contribution in [0.25, 0.3) is 0 Å². The fraction of sp³-hybridized carbons (Fsp3) is 0.647. The van der Waals surface area contributed by atoms with E-state index in [0.29, 0.717) is 11.3 Å². The van der Waals surface area contributed by atoms with Gasteiger partial charge < -0.3 is 18.9 Å². The molecule has 2 amide bonds. The number of rotatable bonds is 6. The third kappa shape index (κ3) is 6.09. The molecule has 2 rings (SSSR count). The van der Waals surface area contributed by atoms with E-state index in [1.165, 1.54) is 23.6 Å². The third-order valence-electron chi connectivity index (χ3n) is 3.76. The SMILES string of the molecule is CC(=O)OCC1=C(C(=O)O[Si](C)(C)C)N2C(=O)[C@@H](NC(=O)O[Si](C)(C)C)[C@H]2SC1. The van der Waals surface area contributed by atoms with Crippen molar-refractivity contribution in [2.45, 2.75) is 57.6 Å². The number of ether oxygens (including phenoxy) is 1. The molecule has 1 saturated heterocycles. The molecule has 12 heteroatoms. The van der Waals surface area contributed by atoms with Crippen LogP contribution in [0.15, 0.2) is 11.3 Å². The maximum absolute atomic E-state index is 12.8. The van der Waals surface area contributed by atoms with Crippen LogP contribution in [0.2, 0.25) is 39.3 Å². The molecule has 1 N–H and O–H groups in total. The lowest BCUT2D eigenvalue weighted by Crippen LogP contribution is -2.71. The maximum Gasteiger partial charge on any atom is 0.394 e. The number of fused-ring (bicyclic) bond motifs is 1. The van der Waals surface area contributed by atoms with Gasteiger partial charge in [0.2, 0.25) is 16.6 Å². The molecule has 0 aromatic rings. The van der Waals surface area contributed by atoms with Crippen molar-refractivity contribution in [3.8, 4) is 0 Å². The lowest BCUT2D eigenvalue weighted by atomic mass is 10.0. The summed E-state index contributed by atoms with van der Waals surface area (Å²) in [4.78, 5) is 50.2. The van der Waals surface area contributed by atoms with E-state index in [-0.39, 0.29) is 12.3 Å². The number of hydrogen-bond donors (Lipinski definition) is 1. The number of nitrogens with zero attached hydrogens (tertiary/aromatic N) is 1. The molecule has 29 heavy (non-hydrogen) atoms. The van der Waals surface area contributed by atoms with Gasteiger partial charge in [0.1, 0.15) is 23.7 Å². The molecular formula is C17H28N2O7SSi2. The highest BCUT2D eigenvalue weighted by Crippen LogP contribution is 2.41. The molecule has 162 valence electrons. The molecule has 9 nitrogen and oxygen atoms in total. The topological polar surface area (TPSA) is 111 Å². The Morgan fingerprint density at radius 2 is 1.69 bits per heavy atom. The number of thioether (sulfide) groups is 1. The highest BCUT2D eigenvalue weighted by atomic mass is 32.2. The van der Waals surface area contributed by atoms with Gasteiger partial charge in [-0.25, -0.2) is 9.59 Å². The van der Waals surface area contributed by atoms with E-state index in [1.54, 1.807) is 0 Å².